The lowest BCUT2D eigenvalue weighted by Crippen LogP contribution is -2.40. The molecule has 4 nitrogen and oxygen atoms in total. The first-order valence-corrected chi connectivity index (χ1v) is 7.14. The van der Waals surface area contributed by atoms with E-state index in [1.54, 1.807) is 0 Å². The predicted molar refractivity (Wildman–Crippen MR) is 75.7 cm³/mol. The summed E-state index contributed by atoms with van der Waals surface area (Å²) in [7, 11) is 0. The zero-order valence-electron chi connectivity index (χ0n) is 11.5. The van der Waals surface area contributed by atoms with Gasteiger partial charge in [-0.1, -0.05) is 20.3 Å². The van der Waals surface area contributed by atoms with Crippen molar-refractivity contribution in [3.05, 3.63) is 11.9 Å². The summed E-state index contributed by atoms with van der Waals surface area (Å²) in [6, 6.07) is 2.55. The van der Waals surface area contributed by atoms with Crippen LogP contribution in [0.4, 0.5) is 11.6 Å². The lowest BCUT2D eigenvalue weighted by atomic mass is 9.98. The first-order chi connectivity index (χ1) is 8.74. The number of piperidine rings is 1. The summed E-state index contributed by atoms with van der Waals surface area (Å²) in [6.45, 7) is 5.42. The summed E-state index contributed by atoms with van der Waals surface area (Å²) in [6.07, 6.45) is 7.17. The molecule has 1 aromatic heterocycles. The molecule has 0 bridgehead atoms. The van der Waals surface area contributed by atoms with Crippen LogP contribution in [0.1, 0.15) is 51.8 Å². The van der Waals surface area contributed by atoms with Crippen LogP contribution in [0.5, 0.6) is 0 Å². The van der Waals surface area contributed by atoms with Crippen molar-refractivity contribution >= 4 is 11.6 Å². The summed E-state index contributed by atoms with van der Waals surface area (Å²) in [5.74, 6) is 2.47. The predicted octanol–water partition coefficient (Wildman–Crippen LogP) is 2.78. The Hall–Kier alpha value is -1.32. The highest BCUT2D eigenvalue weighted by Crippen LogP contribution is 2.26. The van der Waals surface area contributed by atoms with Crippen molar-refractivity contribution < 1.29 is 0 Å². The number of hydrogen-bond donors (Lipinski definition) is 1. The number of nitrogens with zero attached hydrogens (tertiary/aromatic N) is 3. The van der Waals surface area contributed by atoms with Crippen LogP contribution in [-0.2, 0) is 6.42 Å². The van der Waals surface area contributed by atoms with E-state index in [1.807, 2.05) is 6.07 Å². The molecule has 100 valence electrons. The largest absolute Gasteiger partial charge is 0.384 e. The van der Waals surface area contributed by atoms with Crippen molar-refractivity contribution in [2.45, 2.75) is 58.4 Å². The molecule has 0 radical (unpaired) electrons. The second-order valence-electron chi connectivity index (χ2n) is 5.05. The van der Waals surface area contributed by atoms with Crippen molar-refractivity contribution in [3.8, 4) is 0 Å². The maximum Gasteiger partial charge on any atom is 0.134 e. The number of aryl methyl sites for hydroxylation is 1. The Morgan fingerprint density at radius 2 is 2.17 bits per heavy atom. The zero-order chi connectivity index (χ0) is 13.0. The van der Waals surface area contributed by atoms with E-state index < -0.39 is 0 Å². The molecule has 1 saturated heterocycles. The summed E-state index contributed by atoms with van der Waals surface area (Å²) >= 11 is 0. The summed E-state index contributed by atoms with van der Waals surface area (Å²) in [4.78, 5) is 11.3. The van der Waals surface area contributed by atoms with E-state index in [-0.39, 0.29) is 0 Å². The first kappa shape index (κ1) is 13.1. The quantitative estimate of drug-likeness (QED) is 0.890. The third-order valence-electron chi connectivity index (χ3n) is 3.64. The number of aromatic nitrogens is 2. The molecule has 1 aromatic rings. The second kappa shape index (κ2) is 6.03. The fourth-order valence-corrected chi connectivity index (χ4v) is 2.74. The van der Waals surface area contributed by atoms with Gasteiger partial charge in [-0.25, -0.2) is 9.97 Å². The van der Waals surface area contributed by atoms with Crippen LogP contribution in [0.15, 0.2) is 6.07 Å². The van der Waals surface area contributed by atoms with Gasteiger partial charge in [0.1, 0.15) is 17.5 Å². The monoisotopic (exact) mass is 248 g/mol. The molecule has 0 aromatic carbocycles. The molecule has 2 N–H and O–H groups in total. The minimum atomic E-state index is 0.595. The van der Waals surface area contributed by atoms with Gasteiger partial charge in [0.15, 0.2) is 0 Å². The summed E-state index contributed by atoms with van der Waals surface area (Å²) in [5.41, 5.74) is 5.88. The molecule has 1 aliphatic rings. The fourth-order valence-electron chi connectivity index (χ4n) is 2.74. The average molecular weight is 248 g/mol. The molecule has 0 amide bonds. The van der Waals surface area contributed by atoms with Gasteiger partial charge in [0.2, 0.25) is 0 Å². The molecular weight excluding hydrogens is 224 g/mol. The third-order valence-corrected chi connectivity index (χ3v) is 3.64. The van der Waals surface area contributed by atoms with E-state index in [1.165, 1.54) is 32.1 Å². The van der Waals surface area contributed by atoms with Gasteiger partial charge < -0.3 is 10.6 Å². The zero-order valence-corrected chi connectivity index (χ0v) is 11.5. The topological polar surface area (TPSA) is 55.0 Å². The maximum absolute atomic E-state index is 5.88. The van der Waals surface area contributed by atoms with E-state index in [2.05, 4.69) is 28.7 Å². The molecule has 4 heteroatoms. The molecule has 18 heavy (non-hydrogen) atoms. The van der Waals surface area contributed by atoms with Crippen LogP contribution >= 0.6 is 0 Å². The standard InChI is InChI=1S/C14H24N4/c1-3-7-11-8-5-6-9-18(11)14-10-12(15)16-13(4-2)17-14/h10-11H,3-9H2,1-2H3,(H2,15,16,17). The minimum Gasteiger partial charge on any atom is -0.384 e. The fraction of sp³-hybridized carbons (Fsp3) is 0.714. The number of rotatable bonds is 4. The van der Waals surface area contributed by atoms with Crippen molar-refractivity contribution in [2.75, 3.05) is 17.2 Å². The Labute approximate surface area is 110 Å². The van der Waals surface area contributed by atoms with Crippen LogP contribution in [0, 0.1) is 0 Å². The smallest absolute Gasteiger partial charge is 0.134 e. The highest BCUT2D eigenvalue weighted by atomic mass is 15.2. The highest BCUT2D eigenvalue weighted by Gasteiger charge is 2.23. The molecule has 1 aliphatic heterocycles. The van der Waals surface area contributed by atoms with Gasteiger partial charge >= 0.3 is 0 Å². The second-order valence-corrected chi connectivity index (χ2v) is 5.05. The van der Waals surface area contributed by atoms with Crippen LogP contribution < -0.4 is 10.6 Å². The number of anilines is 2. The molecule has 2 heterocycles. The molecule has 0 saturated carbocycles. The van der Waals surface area contributed by atoms with Gasteiger partial charge in [0.25, 0.3) is 0 Å². The molecule has 0 aliphatic carbocycles. The summed E-state index contributed by atoms with van der Waals surface area (Å²) < 4.78 is 0. The Kier molecular flexibility index (Phi) is 4.39. The third kappa shape index (κ3) is 2.92. The molecule has 0 spiro atoms. The van der Waals surface area contributed by atoms with E-state index >= 15 is 0 Å². The Bertz CT molecular complexity index is 389. The molecule has 1 unspecified atom stereocenters. The Balaban J connectivity index is 2.24. The molecule has 2 rings (SSSR count). The maximum atomic E-state index is 5.88. The first-order valence-electron chi connectivity index (χ1n) is 7.14. The summed E-state index contributed by atoms with van der Waals surface area (Å²) in [5, 5.41) is 0. The van der Waals surface area contributed by atoms with Crippen molar-refractivity contribution in [1.82, 2.24) is 9.97 Å². The minimum absolute atomic E-state index is 0.595. The van der Waals surface area contributed by atoms with Crippen LogP contribution in [0.25, 0.3) is 0 Å². The van der Waals surface area contributed by atoms with Gasteiger partial charge in [-0.05, 0) is 25.7 Å². The van der Waals surface area contributed by atoms with E-state index in [0.717, 1.165) is 24.6 Å². The SMILES string of the molecule is CCCC1CCCCN1c1cc(N)nc(CC)n1. The number of hydrogen-bond acceptors (Lipinski definition) is 4. The average Bonchev–Trinajstić information content (AvgIpc) is 2.39. The number of nitrogens with two attached hydrogens (primary N) is 1. The Morgan fingerprint density at radius 1 is 1.33 bits per heavy atom. The van der Waals surface area contributed by atoms with Gasteiger partial charge in [-0.2, -0.15) is 0 Å². The highest BCUT2D eigenvalue weighted by molar-refractivity contribution is 5.48. The lowest BCUT2D eigenvalue weighted by molar-refractivity contribution is 0.431. The van der Waals surface area contributed by atoms with Crippen LogP contribution in [-0.4, -0.2) is 22.6 Å². The van der Waals surface area contributed by atoms with E-state index in [9.17, 15) is 0 Å². The van der Waals surface area contributed by atoms with Gasteiger partial charge in [-0.15, -0.1) is 0 Å². The van der Waals surface area contributed by atoms with Gasteiger partial charge in [0.05, 0.1) is 0 Å². The van der Waals surface area contributed by atoms with Gasteiger partial charge in [0, 0.05) is 25.1 Å². The molecular formula is C14H24N4. The van der Waals surface area contributed by atoms with E-state index in [0.29, 0.717) is 11.9 Å². The van der Waals surface area contributed by atoms with Crippen molar-refractivity contribution in [2.24, 2.45) is 0 Å². The Morgan fingerprint density at radius 3 is 2.89 bits per heavy atom. The van der Waals surface area contributed by atoms with Crippen LogP contribution in [0.2, 0.25) is 0 Å². The van der Waals surface area contributed by atoms with Gasteiger partial charge in [-0.3, -0.25) is 0 Å². The van der Waals surface area contributed by atoms with Crippen molar-refractivity contribution in [1.29, 1.82) is 0 Å². The number of nitrogen functional groups attached to an aromatic ring is 1. The van der Waals surface area contributed by atoms with Crippen molar-refractivity contribution in [3.63, 3.8) is 0 Å². The molecule has 1 atom stereocenters. The molecule has 1 fully saturated rings. The van der Waals surface area contributed by atoms with E-state index in [4.69, 9.17) is 5.73 Å². The van der Waals surface area contributed by atoms with Crippen LogP contribution in [0.3, 0.4) is 0 Å². The normalized spacial score (nSPS) is 20.1. The lowest BCUT2D eigenvalue weighted by Gasteiger charge is -2.36.